The van der Waals surface area contributed by atoms with Crippen molar-refractivity contribution in [1.29, 1.82) is 0 Å². The fourth-order valence-corrected chi connectivity index (χ4v) is 1.99. The summed E-state index contributed by atoms with van der Waals surface area (Å²) in [7, 11) is 0. The van der Waals surface area contributed by atoms with Gasteiger partial charge in [0.15, 0.2) is 0 Å². The highest BCUT2D eigenvalue weighted by molar-refractivity contribution is 5.55. The normalized spacial score (nSPS) is 13.7. The Morgan fingerprint density at radius 1 is 1.21 bits per heavy atom. The molecular weight excluding hydrogens is 255 g/mol. The largest absolute Gasteiger partial charge is 0.405 e. The lowest BCUT2D eigenvalue weighted by Crippen LogP contribution is -2.39. The Morgan fingerprint density at radius 3 is 2.26 bits per heavy atom. The van der Waals surface area contributed by atoms with Crippen LogP contribution < -0.4 is 4.90 Å². The van der Waals surface area contributed by atoms with Crippen molar-refractivity contribution in [3.8, 4) is 0 Å². The van der Waals surface area contributed by atoms with E-state index in [1.165, 1.54) is 4.90 Å². The number of para-hydroxylation sites is 1. The van der Waals surface area contributed by atoms with E-state index >= 15 is 0 Å². The van der Waals surface area contributed by atoms with Gasteiger partial charge >= 0.3 is 6.18 Å². The molecule has 0 spiro atoms. The number of alkyl halides is 3. The molecule has 0 amide bonds. The first-order valence-electron chi connectivity index (χ1n) is 6.36. The van der Waals surface area contributed by atoms with Gasteiger partial charge in [-0.15, -0.1) is 0 Å². The fraction of sp³-hybridized carbons (Fsp3) is 0.571. The van der Waals surface area contributed by atoms with Crippen LogP contribution in [0.5, 0.6) is 0 Å². The van der Waals surface area contributed by atoms with Crippen LogP contribution >= 0.6 is 0 Å². The summed E-state index contributed by atoms with van der Waals surface area (Å²) >= 11 is 0. The van der Waals surface area contributed by atoms with Crippen LogP contribution in [0.15, 0.2) is 24.3 Å². The lowest BCUT2D eigenvalue weighted by atomic mass is 10.0. The number of aliphatic hydroxyl groups is 1. The minimum atomic E-state index is -4.27. The molecule has 1 N–H and O–H groups in total. The highest BCUT2D eigenvalue weighted by Gasteiger charge is 2.33. The zero-order chi connectivity index (χ0) is 14.6. The average Bonchev–Trinajstić information content (AvgIpc) is 2.33. The SMILES string of the molecule is CC[C@H](O)c1ccccc1N(CC(F)(F)F)C(C)C. The van der Waals surface area contributed by atoms with Gasteiger partial charge in [0.05, 0.1) is 6.10 Å². The summed E-state index contributed by atoms with van der Waals surface area (Å²) < 4.78 is 38.0. The maximum Gasteiger partial charge on any atom is 0.405 e. The average molecular weight is 275 g/mol. The van der Waals surface area contributed by atoms with Gasteiger partial charge in [-0.25, -0.2) is 0 Å². The Hall–Kier alpha value is -1.23. The van der Waals surface area contributed by atoms with Gasteiger partial charge in [-0.2, -0.15) is 13.2 Å². The van der Waals surface area contributed by atoms with Crippen molar-refractivity contribution >= 4 is 5.69 Å². The van der Waals surface area contributed by atoms with Crippen LogP contribution in [0.2, 0.25) is 0 Å². The topological polar surface area (TPSA) is 23.5 Å². The summed E-state index contributed by atoms with van der Waals surface area (Å²) in [4.78, 5) is 1.27. The Labute approximate surface area is 111 Å². The van der Waals surface area contributed by atoms with Gasteiger partial charge in [0, 0.05) is 17.3 Å². The van der Waals surface area contributed by atoms with Gasteiger partial charge in [-0.3, -0.25) is 0 Å². The molecule has 0 aliphatic rings. The molecule has 1 atom stereocenters. The number of rotatable bonds is 5. The molecule has 0 bridgehead atoms. The Bertz CT molecular complexity index is 404. The molecule has 1 aromatic rings. The summed E-state index contributed by atoms with van der Waals surface area (Å²) in [5.74, 6) is 0. The van der Waals surface area contributed by atoms with E-state index in [1.54, 1.807) is 45.0 Å². The molecule has 0 saturated heterocycles. The predicted octanol–water partition coefficient (Wildman–Crippen LogP) is 3.91. The lowest BCUT2D eigenvalue weighted by Gasteiger charge is -2.32. The van der Waals surface area contributed by atoms with E-state index in [1.807, 2.05) is 0 Å². The van der Waals surface area contributed by atoms with Crippen LogP contribution in [0.25, 0.3) is 0 Å². The Balaban J connectivity index is 3.16. The van der Waals surface area contributed by atoms with E-state index in [9.17, 15) is 18.3 Å². The van der Waals surface area contributed by atoms with Gasteiger partial charge in [-0.1, -0.05) is 25.1 Å². The quantitative estimate of drug-likeness (QED) is 0.880. The third kappa shape index (κ3) is 4.42. The van der Waals surface area contributed by atoms with Gasteiger partial charge in [0.1, 0.15) is 6.54 Å². The maximum absolute atomic E-state index is 12.7. The molecule has 0 aliphatic heterocycles. The Morgan fingerprint density at radius 2 is 1.79 bits per heavy atom. The molecule has 0 saturated carbocycles. The lowest BCUT2D eigenvalue weighted by molar-refractivity contribution is -0.120. The van der Waals surface area contributed by atoms with E-state index in [0.29, 0.717) is 17.7 Å². The Kier molecular flexibility index (Phi) is 5.23. The van der Waals surface area contributed by atoms with Crippen molar-refractivity contribution in [2.75, 3.05) is 11.4 Å². The van der Waals surface area contributed by atoms with Crippen LogP contribution in [0, 0.1) is 0 Å². The number of hydrogen-bond acceptors (Lipinski definition) is 2. The third-order valence-corrected chi connectivity index (χ3v) is 2.96. The van der Waals surface area contributed by atoms with Gasteiger partial charge in [0.2, 0.25) is 0 Å². The summed E-state index contributed by atoms with van der Waals surface area (Å²) in [6, 6.07) is 6.42. The minimum absolute atomic E-state index is 0.299. The minimum Gasteiger partial charge on any atom is -0.388 e. The van der Waals surface area contributed by atoms with Crippen molar-refractivity contribution in [2.45, 2.75) is 45.5 Å². The van der Waals surface area contributed by atoms with Crippen molar-refractivity contribution in [2.24, 2.45) is 0 Å². The second-order valence-electron chi connectivity index (χ2n) is 4.82. The summed E-state index contributed by atoms with van der Waals surface area (Å²) in [5, 5.41) is 9.93. The molecule has 0 radical (unpaired) electrons. The van der Waals surface area contributed by atoms with Crippen molar-refractivity contribution in [1.82, 2.24) is 0 Å². The number of hydrogen-bond donors (Lipinski definition) is 1. The predicted molar refractivity (Wildman–Crippen MR) is 70.2 cm³/mol. The van der Waals surface area contributed by atoms with Crippen LogP contribution in [0.1, 0.15) is 38.9 Å². The fourth-order valence-electron chi connectivity index (χ4n) is 1.99. The van der Waals surface area contributed by atoms with E-state index in [4.69, 9.17) is 0 Å². The van der Waals surface area contributed by atoms with Crippen LogP contribution in [0.4, 0.5) is 18.9 Å². The molecule has 0 unspecified atom stereocenters. The number of halogens is 3. The zero-order valence-electron chi connectivity index (χ0n) is 11.4. The molecule has 0 aromatic heterocycles. The highest BCUT2D eigenvalue weighted by Crippen LogP contribution is 2.31. The molecular formula is C14H20F3NO. The highest BCUT2D eigenvalue weighted by atomic mass is 19.4. The van der Waals surface area contributed by atoms with E-state index in [-0.39, 0.29) is 6.04 Å². The molecule has 1 aromatic carbocycles. The summed E-state index contributed by atoms with van der Waals surface area (Å²) in [6.45, 7) is 4.20. The first-order valence-corrected chi connectivity index (χ1v) is 6.36. The molecule has 1 rings (SSSR count). The molecule has 0 fully saturated rings. The molecule has 19 heavy (non-hydrogen) atoms. The van der Waals surface area contributed by atoms with Crippen LogP contribution in [0.3, 0.4) is 0 Å². The van der Waals surface area contributed by atoms with Crippen molar-refractivity contribution in [3.05, 3.63) is 29.8 Å². The van der Waals surface area contributed by atoms with Gasteiger partial charge in [0.25, 0.3) is 0 Å². The number of nitrogens with zero attached hydrogens (tertiary/aromatic N) is 1. The number of benzene rings is 1. The molecule has 0 heterocycles. The summed E-state index contributed by atoms with van der Waals surface area (Å²) in [5.41, 5.74) is 0.993. The molecule has 5 heteroatoms. The standard InChI is InChI=1S/C14H20F3NO/c1-4-13(19)11-7-5-6-8-12(11)18(10(2)3)9-14(15,16)17/h5-8,10,13,19H,4,9H2,1-3H3/t13-/m0/s1. The van der Waals surface area contributed by atoms with E-state index in [2.05, 4.69) is 0 Å². The van der Waals surface area contributed by atoms with Gasteiger partial charge < -0.3 is 10.0 Å². The smallest absolute Gasteiger partial charge is 0.388 e. The monoisotopic (exact) mass is 275 g/mol. The first kappa shape index (κ1) is 15.8. The van der Waals surface area contributed by atoms with Crippen LogP contribution in [-0.2, 0) is 0 Å². The van der Waals surface area contributed by atoms with Gasteiger partial charge in [-0.05, 0) is 26.3 Å². The third-order valence-electron chi connectivity index (χ3n) is 2.96. The van der Waals surface area contributed by atoms with E-state index < -0.39 is 18.8 Å². The molecule has 0 aliphatic carbocycles. The first-order chi connectivity index (χ1) is 8.76. The summed E-state index contributed by atoms with van der Waals surface area (Å²) in [6.07, 6.45) is -4.55. The maximum atomic E-state index is 12.7. The second-order valence-corrected chi connectivity index (χ2v) is 4.82. The van der Waals surface area contributed by atoms with Crippen molar-refractivity contribution < 1.29 is 18.3 Å². The number of aliphatic hydroxyl groups excluding tert-OH is 1. The van der Waals surface area contributed by atoms with Crippen molar-refractivity contribution in [3.63, 3.8) is 0 Å². The molecule has 2 nitrogen and oxygen atoms in total. The zero-order valence-corrected chi connectivity index (χ0v) is 11.4. The number of anilines is 1. The van der Waals surface area contributed by atoms with E-state index in [0.717, 1.165) is 0 Å². The molecule has 108 valence electrons. The second kappa shape index (κ2) is 6.28. The van der Waals surface area contributed by atoms with Crippen LogP contribution in [-0.4, -0.2) is 23.9 Å².